The molecule has 10 nitrogen and oxygen atoms in total. The molecule has 3 unspecified atom stereocenters. The summed E-state index contributed by atoms with van der Waals surface area (Å²) in [6.45, 7) is 1.26. The summed E-state index contributed by atoms with van der Waals surface area (Å²) in [5.74, 6) is -2.76. The van der Waals surface area contributed by atoms with Crippen LogP contribution < -0.4 is 4.74 Å². The van der Waals surface area contributed by atoms with Gasteiger partial charge in [0, 0.05) is 12.5 Å². The predicted octanol–water partition coefficient (Wildman–Crippen LogP) is 5.69. The molecule has 2 rings (SSSR count). The van der Waals surface area contributed by atoms with Crippen LogP contribution in [-0.2, 0) is 23.8 Å². The van der Waals surface area contributed by atoms with Crippen LogP contribution >= 0.6 is 10.2 Å². The van der Waals surface area contributed by atoms with E-state index in [0.717, 1.165) is 13.8 Å². The van der Waals surface area contributed by atoms with Crippen molar-refractivity contribution in [1.29, 1.82) is 0 Å². The minimum absolute atomic E-state index is 0.163. The molecule has 0 aromatic heterocycles. The quantitative estimate of drug-likeness (QED) is 0.129. The minimum atomic E-state index is -10.2. The summed E-state index contributed by atoms with van der Waals surface area (Å²) in [6, 6.07) is -0.114. The second kappa shape index (κ2) is 8.86. The van der Waals surface area contributed by atoms with Crippen LogP contribution in [0.3, 0.4) is 0 Å². The summed E-state index contributed by atoms with van der Waals surface area (Å²) in [7, 11) is -10.2. The average molecular weight is 561 g/mol. The zero-order valence-electron chi connectivity index (χ0n) is 17.8. The van der Waals surface area contributed by atoms with E-state index in [0.29, 0.717) is 0 Å². The lowest BCUT2D eigenvalue weighted by molar-refractivity contribution is -0.767. The van der Waals surface area contributed by atoms with Gasteiger partial charge in [-0.25, -0.2) is 9.59 Å². The molecule has 0 saturated heterocycles. The molecule has 1 aromatic rings. The summed E-state index contributed by atoms with van der Waals surface area (Å²) < 4.78 is 123. The summed E-state index contributed by atoms with van der Waals surface area (Å²) in [6.07, 6.45) is -12.9. The van der Waals surface area contributed by atoms with Gasteiger partial charge in [-0.05, 0) is 31.2 Å². The van der Waals surface area contributed by atoms with Gasteiger partial charge in [0.1, 0.15) is 23.4 Å². The van der Waals surface area contributed by atoms with Crippen LogP contribution in [0.2, 0.25) is 0 Å². The van der Waals surface area contributed by atoms with E-state index >= 15 is 0 Å². The van der Waals surface area contributed by atoms with Crippen LogP contribution in [0, 0.1) is 10.1 Å². The molecule has 0 spiro atoms. The van der Waals surface area contributed by atoms with Gasteiger partial charge < -0.3 is 23.8 Å². The second-order valence-corrected chi connectivity index (χ2v) is 9.51. The number of ether oxygens (including phenoxy) is 4. The minimum Gasteiger partial charge on any atom is -0.475 e. The Balaban J connectivity index is 2.23. The highest BCUT2D eigenvalue weighted by Crippen LogP contribution is 3.02. The standard InChI is InChI=1S/C17H15F8NO9S/c1-8(35-26(29)30)7-31-16(28)33-9(2)32-15(27)12-6-10-5-11(36(21,22,23,24)25)3-4-13(10)34-14(12)17(18,19)20/h3-6,8-9,14H,7H2,1-2H3. The third kappa shape index (κ3) is 7.75. The third-order valence-electron chi connectivity index (χ3n) is 4.04. The van der Waals surface area contributed by atoms with Gasteiger partial charge in [0.25, 0.3) is 5.09 Å². The molecule has 0 aliphatic carbocycles. The molecule has 3 atom stereocenters. The fourth-order valence-electron chi connectivity index (χ4n) is 2.60. The first kappa shape index (κ1) is 28.7. The van der Waals surface area contributed by atoms with Crippen LogP contribution in [0.4, 0.5) is 37.4 Å². The topological polar surface area (TPSA) is 123 Å². The molecule has 36 heavy (non-hydrogen) atoms. The van der Waals surface area contributed by atoms with Crippen molar-refractivity contribution in [2.75, 3.05) is 6.61 Å². The van der Waals surface area contributed by atoms with Gasteiger partial charge in [0.15, 0.2) is 0 Å². The van der Waals surface area contributed by atoms with Crippen LogP contribution in [0.5, 0.6) is 5.75 Å². The summed E-state index contributed by atoms with van der Waals surface area (Å²) in [5.41, 5.74) is -2.37. The highest BCUT2D eigenvalue weighted by molar-refractivity contribution is 8.45. The molecule has 0 amide bonds. The summed E-state index contributed by atoms with van der Waals surface area (Å²) >= 11 is 0. The van der Waals surface area contributed by atoms with Crippen LogP contribution in [-0.4, -0.2) is 48.5 Å². The summed E-state index contributed by atoms with van der Waals surface area (Å²) in [4.78, 5) is 35.5. The highest BCUT2D eigenvalue weighted by Gasteiger charge is 2.65. The van der Waals surface area contributed by atoms with Crippen LogP contribution in [0.15, 0.2) is 28.7 Å². The smallest absolute Gasteiger partial charge is 0.475 e. The van der Waals surface area contributed by atoms with Crippen molar-refractivity contribution in [3.63, 3.8) is 0 Å². The van der Waals surface area contributed by atoms with Gasteiger partial charge in [-0.1, -0.05) is 19.4 Å². The molecular formula is C17H15F8NO9S. The largest absolute Gasteiger partial charge is 0.511 e. The molecule has 1 aliphatic rings. The molecule has 0 radical (unpaired) electrons. The van der Waals surface area contributed by atoms with Gasteiger partial charge in [-0.15, -0.1) is 10.1 Å². The molecule has 1 aromatic carbocycles. The number of nitrogens with zero attached hydrogens (tertiary/aromatic N) is 1. The first-order valence-corrected chi connectivity index (χ1v) is 11.2. The van der Waals surface area contributed by atoms with E-state index in [1.54, 1.807) is 0 Å². The Morgan fingerprint density at radius 1 is 1.14 bits per heavy atom. The molecule has 0 bridgehead atoms. The average Bonchev–Trinajstić information content (AvgIpc) is 2.67. The Hall–Kier alpha value is -3.51. The number of rotatable bonds is 8. The zero-order valence-corrected chi connectivity index (χ0v) is 18.6. The Bertz CT molecular complexity index is 1090. The van der Waals surface area contributed by atoms with Crippen molar-refractivity contribution in [2.24, 2.45) is 0 Å². The molecule has 19 heteroatoms. The Morgan fingerprint density at radius 2 is 1.75 bits per heavy atom. The number of hydrogen-bond donors (Lipinski definition) is 0. The van der Waals surface area contributed by atoms with Crippen molar-refractivity contribution in [2.45, 2.75) is 43.4 Å². The molecule has 204 valence electrons. The van der Waals surface area contributed by atoms with Crippen LogP contribution in [0.25, 0.3) is 6.08 Å². The van der Waals surface area contributed by atoms with E-state index in [1.165, 1.54) is 0 Å². The number of alkyl halides is 3. The van der Waals surface area contributed by atoms with Gasteiger partial charge >= 0.3 is 28.5 Å². The zero-order chi connectivity index (χ0) is 27.8. The molecule has 0 fully saturated rings. The number of carbonyl (C=O) groups is 2. The number of benzene rings is 1. The Kier molecular flexibility index (Phi) is 7.07. The van der Waals surface area contributed by atoms with Crippen molar-refractivity contribution in [3.05, 3.63) is 39.4 Å². The van der Waals surface area contributed by atoms with Crippen LogP contribution in [0.1, 0.15) is 19.4 Å². The third-order valence-corrected chi connectivity index (χ3v) is 5.18. The number of esters is 1. The maximum Gasteiger partial charge on any atom is 0.511 e. The molecule has 0 N–H and O–H groups in total. The molecule has 1 heterocycles. The number of hydrogen-bond acceptors (Lipinski definition) is 9. The van der Waals surface area contributed by atoms with E-state index in [1.807, 2.05) is 0 Å². The molecular weight excluding hydrogens is 546 g/mol. The lowest BCUT2D eigenvalue weighted by Crippen LogP contribution is -2.41. The van der Waals surface area contributed by atoms with Crippen molar-refractivity contribution in [3.8, 4) is 5.75 Å². The maximum atomic E-state index is 13.4. The maximum absolute atomic E-state index is 13.4. The molecule has 0 saturated carbocycles. The number of carbonyl (C=O) groups excluding carboxylic acids is 2. The van der Waals surface area contributed by atoms with E-state index < -0.39 is 80.5 Å². The van der Waals surface area contributed by atoms with Gasteiger partial charge in [0.05, 0.1) is 5.57 Å². The molecule has 1 aliphatic heterocycles. The van der Waals surface area contributed by atoms with Gasteiger partial charge in [-0.2, -0.15) is 13.2 Å². The van der Waals surface area contributed by atoms with Crippen molar-refractivity contribution < 1.29 is 71.1 Å². The highest BCUT2D eigenvalue weighted by atomic mass is 32.5. The fourth-order valence-corrected chi connectivity index (χ4v) is 3.28. The summed E-state index contributed by atoms with van der Waals surface area (Å²) in [5, 5.41) is 8.96. The first-order valence-electron chi connectivity index (χ1n) is 9.25. The van der Waals surface area contributed by atoms with E-state index in [4.69, 9.17) is 0 Å². The van der Waals surface area contributed by atoms with E-state index in [9.17, 15) is 52.3 Å². The van der Waals surface area contributed by atoms with E-state index in [2.05, 4.69) is 23.8 Å². The van der Waals surface area contributed by atoms with Crippen molar-refractivity contribution >= 4 is 28.4 Å². The van der Waals surface area contributed by atoms with Gasteiger partial charge in [-0.3, -0.25) is 0 Å². The Labute approximate surface area is 195 Å². The van der Waals surface area contributed by atoms with Crippen molar-refractivity contribution in [1.82, 2.24) is 0 Å². The fraction of sp³-hybridized carbons (Fsp3) is 0.412. The second-order valence-electron chi connectivity index (χ2n) is 7.10. The predicted molar refractivity (Wildman–Crippen MR) is 102 cm³/mol. The van der Waals surface area contributed by atoms with E-state index in [-0.39, 0.29) is 24.3 Å². The monoisotopic (exact) mass is 561 g/mol. The lowest BCUT2D eigenvalue weighted by Gasteiger charge is -2.41. The Morgan fingerprint density at radius 3 is 2.28 bits per heavy atom. The first-order chi connectivity index (χ1) is 16.1. The lowest BCUT2D eigenvalue weighted by atomic mass is 10.0. The van der Waals surface area contributed by atoms with Gasteiger partial charge in [0.2, 0.25) is 12.4 Å². The number of fused-ring (bicyclic) bond motifs is 1. The SMILES string of the molecule is CC(COC(=O)OC(C)OC(=O)C1=Cc2cc(S(F)(F)(F)(F)F)ccc2OC1C(F)(F)F)O[N+](=O)[O-]. The number of halogens is 8. The normalized spacial score (nSPS) is 19.2.